The molecule has 0 N–H and O–H groups in total. The van der Waals surface area contributed by atoms with Gasteiger partial charge in [-0.2, -0.15) is 5.10 Å². The third-order valence-electron chi connectivity index (χ3n) is 4.71. The predicted molar refractivity (Wildman–Crippen MR) is 81.5 cm³/mol. The topological polar surface area (TPSA) is 56.0 Å². The number of nitrogens with zero attached hydrogens (tertiary/aromatic N) is 5. The summed E-state index contributed by atoms with van der Waals surface area (Å²) in [5, 5.41) is 4.07. The Labute approximate surface area is 129 Å². The Hall–Kier alpha value is -2.11. The number of aryl methyl sites for hydroxylation is 2. The number of amides is 1. The van der Waals surface area contributed by atoms with E-state index in [1.165, 1.54) is 18.5 Å². The summed E-state index contributed by atoms with van der Waals surface area (Å²) in [7, 11) is 1.83. The average Bonchev–Trinajstić information content (AvgIpc) is 3.06. The van der Waals surface area contributed by atoms with Crippen molar-refractivity contribution in [2.24, 2.45) is 13.0 Å². The maximum Gasteiger partial charge on any atom is 0.257 e. The number of rotatable bonds is 4. The maximum atomic E-state index is 12.3. The number of hydrogen-bond donors (Lipinski definition) is 0. The van der Waals surface area contributed by atoms with Gasteiger partial charge in [0.05, 0.1) is 17.7 Å². The molecule has 2 aliphatic rings. The second kappa shape index (κ2) is 4.97. The van der Waals surface area contributed by atoms with Crippen molar-refractivity contribution in [1.82, 2.24) is 24.2 Å². The standard InChI is InChI=1S/C16H21N5O/c1-11-5-17-15(21(11)7-12-3-4-12)14-9-20(10-14)16(22)13-6-18-19(2)8-13/h5-6,8,12,14H,3-4,7,9-10H2,1-2H3. The van der Waals surface area contributed by atoms with Crippen LogP contribution in [0.2, 0.25) is 0 Å². The van der Waals surface area contributed by atoms with Gasteiger partial charge in [-0.15, -0.1) is 0 Å². The van der Waals surface area contributed by atoms with E-state index in [1.807, 2.05) is 18.1 Å². The van der Waals surface area contributed by atoms with E-state index in [1.54, 1.807) is 17.1 Å². The molecular formula is C16H21N5O. The molecule has 6 nitrogen and oxygen atoms in total. The second-order valence-electron chi connectivity index (χ2n) is 6.62. The fourth-order valence-electron chi connectivity index (χ4n) is 3.12. The summed E-state index contributed by atoms with van der Waals surface area (Å²) in [6, 6.07) is 0. The monoisotopic (exact) mass is 299 g/mol. The van der Waals surface area contributed by atoms with Crippen LogP contribution in [0, 0.1) is 12.8 Å². The Morgan fingerprint density at radius 1 is 1.32 bits per heavy atom. The Kier molecular flexibility index (Phi) is 3.06. The predicted octanol–water partition coefficient (Wildman–Crippen LogP) is 1.57. The minimum Gasteiger partial charge on any atom is -0.337 e. The SMILES string of the molecule is Cc1cnc(C2CN(C(=O)c3cnn(C)c3)C2)n1CC1CC1. The first-order chi connectivity index (χ1) is 10.6. The van der Waals surface area contributed by atoms with Crippen LogP contribution in [0.5, 0.6) is 0 Å². The molecule has 2 aromatic rings. The third-order valence-corrected chi connectivity index (χ3v) is 4.71. The second-order valence-corrected chi connectivity index (χ2v) is 6.62. The van der Waals surface area contributed by atoms with E-state index in [0.717, 1.165) is 31.4 Å². The van der Waals surface area contributed by atoms with Crippen LogP contribution >= 0.6 is 0 Å². The van der Waals surface area contributed by atoms with Crippen LogP contribution in [0.25, 0.3) is 0 Å². The van der Waals surface area contributed by atoms with Crippen molar-refractivity contribution in [2.45, 2.75) is 32.2 Å². The van der Waals surface area contributed by atoms with Crippen LogP contribution in [-0.2, 0) is 13.6 Å². The van der Waals surface area contributed by atoms with Gasteiger partial charge in [-0.05, 0) is 25.7 Å². The normalized spacial score (nSPS) is 18.5. The Morgan fingerprint density at radius 3 is 2.73 bits per heavy atom. The first kappa shape index (κ1) is 13.5. The number of imidazole rings is 1. The molecule has 0 unspecified atom stereocenters. The molecule has 6 heteroatoms. The molecule has 1 saturated heterocycles. The highest BCUT2D eigenvalue weighted by molar-refractivity contribution is 5.94. The molecule has 0 atom stereocenters. The van der Waals surface area contributed by atoms with Gasteiger partial charge in [-0.25, -0.2) is 4.98 Å². The van der Waals surface area contributed by atoms with E-state index in [2.05, 4.69) is 21.6 Å². The van der Waals surface area contributed by atoms with Gasteiger partial charge in [-0.1, -0.05) is 0 Å². The molecular weight excluding hydrogens is 278 g/mol. The first-order valence-corrected chi connectivity index (χ1v) is 7.91. The highest BCUT2D eigenvalue weighted by Gasteiger charge is 2.36. The Morgan fingerprint density at radius 2 is 2.09 bits per heavy atom. The zero-order chi connectivity index (χ0) is 15.3. The summed E-state index contributed by atoms with van der Waals surface area (Å²) < 4.78 is 4.02. The smallest absolute Gasteiger partial charge is 0.257 e. The van der Waals surface area contributed by atoms with E-state index in [4.69, 9.17) is 0 Å². The van der Waals surface area contributed by atoms with Gasteiger partial charge in [0.15, 0.2) is 0 Å². The van der Waals surface area contributed by atoms with Crippen molar-refractivity contribution in [2.75, 3.05) is 13.1 Å². The highest BCUT2D eigenvalue weighted by atomic mass is 16.2. The summed E-state index contributed by atoms with van der Waals surface area (Å²) in [6.07, 6.45) is 8.05. The number of aromatic nitrogens is 4. The molecule has 1 amide bonds. The molecule has 116 valence electrons. The molecule has 2 fully saturated rings. The summed E-state index contributed by atoms with van der Waals surface area (Å²) in [5.74, 6) is 2.42. The van der Waals surface area contributed by atoms with E-state index in [-0.39, 0.29) is 5.91 Å². The minimum absolute atomic E-state index is 0.0707. The molecule has 0 aromatic carbocycles. The zero-order valence-electron chi connectivity index (χ0n) is 13.1. The van der Waals surface area contributed by atoms with E-state index < -0.39 is 0 Å². The molecule has 1 saturated carbocycles. The molecule has 1 aliphatic heterocycles. The lowest BCUT2D eigenvalue weighted by atomic mass is 9.98. The van der Waals surface area contributed by atoms with Gasteiger partial charge in [0.1, 0.15) is 5.82 Å². The molecule has 0 bridgehead atoms. The third kappa shape index (κ3) is 2.32. The van der Waals surface area contributed by atoms with Crippen LogP contribution in [0.3, 0.4) is 0 Å². The highest BCUT2D eigenvalue weighted by Crippen LogP contribution is 2.34. The molecule has 3 heterocycles. The lowest BCUT2D eigenvalue weighted by molar-refractivity contribution is 0.0590. The summed E-state index contributed by atoms with van der Waals surface area (Å²) in [6.45, 7) is 4.73. The number of hydrogen-bond acceptors (Lipinski definition) is 3. The first-order valence-electron chi connectivity index (χ1n) is 7.91. The minimum atomic E-state index is 0.0707. The van der Waals surface area contributed by atoms with Crippen molar-refractivity contribution in [3.05, 3.63) is 35.7 Å². The largest absolute Gasteiger partial charge is 0.337 e. The molecule has 2 aromatic heterocycles. The van der Waals surface area contributed by atoms with Gasteiger partial charge in [0.25, 0.3) is 5.91 Å². The molecule has 1 aliphatic carbocycles. The van der Waals surface area contributed by atoms with Crippen LogP contribution in [0.15, 0.2) is 18.6 Å². The zero-order valence-corrected chi connectivity index (χ0v) is 13.1. The molecule has 4 rings (SSSR count). The Balaban J connectivity index is 1.44. The van der Waals surface area contributed by atoms with Gasteiger partial charge in [-0.3, -0.25) is 9.48 Å². The average molecular weight is 299 g/mol. The quantitative estimate of drug-likeness (QED) is 0.861. The van der Waals surface area contributed by atoms with Crippen LogP contribution < -0.4 is 0 Å². The number of carbonyl (C=O) groups is 1. The molecule has 0 spiro atoms. The number of likely N-dealkylation sites (tertiary alicyclic amines) is 1. The molecule has 22 heavy (non-hydrogen) atoms. The summed E-state index contributed by atoms with van der Waals surface area (Å²) >= 11 is 0. The molecule has 0 radical (unpaired) electrons. The van der Waals surface area contributed by atoms with Gasteiger partial charge in [0.2, 0.25) is 0 Å². The lowest BCUT2D eigenvalue weighted by Crippen LogP contribution is -2.49. The van der Waals surface area contributed by atoms with E-state index >= 15 is 0 Å². The Bertz CT molecular complexity index is 706. The number of carbonyl (C=O) groups excluding carboxylic acids is 1. The van der Waals surface area contributed by atoms with Crippen molar-refractivity contribution < 1.29 is 4.79 Å². The summed E-state index contributed by atoms with van der Waals surface area (Å²) in [5.41, 5.74) is 1.90. The fourth-order valence-corrected chi connectivity index (χ4v) is 3.12. The lowest BCUT2D eigenvalue weighted by Gasteiger charge is -2.38. The van der Waals surface area contributed by atoms with E-state index in [9.17, 15) is 4.79 Å². The summed E-state index contributed by atoms with van der Waals surface area (Å²) in [4.78, 5) is 18.8. The van der Waals surface area contributed by atoms with Crippen LogP contribution in [0.1, 0.15) is 40.6 Å². The van der Waals surface area contributed by atoms with Crippen molar-refractivity contribution >= 4 is 5.91 Å². The maximum absolute atomic E-state index is 12.3. The van der Waals surface area contributed by atoms with Gasteiger partial charge < -0.3 is 9.47 Å². The van der Waals surface area contributed by atoms with Crippen molar-refractivity contribution in [3.63, 3.8) is 0 Å². The van der Waals surface area contributed by atoms with Crippen molar-refractivity contribution in [1.29, 1.82) is 0 Å². The van der Waals surface area contributed by atoms with Crippen LogP contribution in [0.4, 0.5) is 0 Å². The van der Waals surface area contributed by atoms with Gasteiger partial charge in [0, 0.05) is 44.8 Å². The van der Waals surface area contributed by atoms with Gasteiger partial charge >= 0.3 is 0 Å². The van der Waals surface area contributed by atoms with Crippen LogP contribution in [-0.4, -0.2) is 43.2 Å². The fraction of sp³-hybridized carbons (Fsp3) is 0.562. The van der Waals surface area contributed by atoms with Crippen molar-refractivity contribution in [3.8, 4) is 0 Å². The van der Waals surface area contributed by atoms with E-state index in [0.29, 0.717) is 11.5 Å².